The molecule has 0 bridgehead atoms. The molecule has 0 spiro atoms. The quantitative estimate of drug-likeness (QED) is 0.888. The van der Waals surface area contributed by atoms with E-state index in [1.54, 1.807) is 6.07 Å². The topological polar surface area (TPSA) is 21.3 Å². The van der Waals surface area contributed by atoms with Gasteiger partial charge in [-0.2, -0.15) is 0 Å². The number of hydrogen-bond acceptors (Lipinski definition) is 2. The summed E-state index contributed by atoms with van der Waals surface area (Å²) in [5, 5.41) is 3.23. The van der Waals surface area contributed by atoms with Crippen molar-refractivity contribution in [2.24, 2.45) is 0 Å². The minimum Gasteiger partial charge on any atom is -0.404 e. The van der Waals surface area contributed by atoms with Gasteiger partial charge < -0.3 is 10.1 Å². The molecule has 1 aliphatic heterocycles. The summed E-state index contributed by atoms with van der Waals surface area (Å²) in [7, 11) is 0. The smallest absolute Gasteiger partial charge is 0.404 e. The van der Waals surface area contributed by atoms with Gasteiger partial charge in [-0.1, -0.05) is 17.7 Å². The first-order chi connectivity index (χ1) is 7.96. The molecule has 1 saturated heterocycles. The number of ether oxygens (including phenoxy) is 1. The van der Waals surface area contributed by atoms with Gasteiger partial charge in [-0.25, -0.2) is 0 Å². The summed E-state index contributed by atoms with van der Waals surface area (Å²) in [5.41, 5.74) is 0.891. The van der Waals surface area contributed by atoms with E-state index in [0.29, 0.717) is 0 Å². The van der Waals surface area contributed by atoms with Gasteiger partial charge in [0.05, 0.1) is 5.02 Å². The predicted molar refractivity (Wildman–Crippen MR) is 65.4 cm³/mol. The van der Waals surface area contributed by atoms with Crippen molar-refractivity contribution in [3.8, 4) is 5.75 Å². The van der Waals surface area contributed by atoms with Crippen LogP contribution in [0.1, 0.15) is 24.4 Å². The fourth-order valence-corrected chi connectivity index (χ4v) is 2.14. The molecule has 1 fully saturated rings. The molecule has 2 rings (SSSR count). The number of nitrogens with one attached hydrogen (secondary N) is 1. The first kappa shape index (κ1) is 15.4. The normalized spacial score (nSPS) is 19.4. The zero-order valence-corrected chi connectivity index (χ0v) is 10.8. The predicted octanol–water partition coefficient (Wildman–Crippen LogP) is 4.08. The van der Waals surface area contributed by atoms with Gasteiger partial charge in [-0.05, 0) is 37.1 Å². The van der Waals surface area contributed by atoms with Crippen LogP contribution in [0.15, 0.2) is 18.2 Å². The van der Waals surface area contributed by atoms with Crippen molar-refractivity contribution in [2.75, 3.05) is 6.54 Å². The molecule has 18 heavy (non-hydrogen) atoms. The summed E-state index contributed by atoms with van der Waals surface area (Å²) in [4.78, 5) is 0. The highest BCUT2D eigenvalue weighted by Gasteiger charge is 2.32. The molecule has 0 unspecified atom stereocenters. The van der Waals surface area contributed by atoms with E-state index >= 15 is 0 Å². The fourth-order valence-electron chi connectivity index (χ4n) is 1.91. The highest BCUT2D eigenvalue weighted by Crippen LogP contribution is 2.33. The monoisotopic (exact) mass is 301 g/mol. The first-order valence-electron chi connectivity index (χ1n) is 5.24. The summed E-state index contributed by atoms with van der Waals surface area (Å²) in [6, 6.07) is 4.56. The van der Waals surface area contributed by atoms with Gasteiger partial charge >= 0.3 is 6.36 Å². The Morgan fingerprint density at radius 2 is 2.06 bits per heavy atom. The minimum absolute atomic E-state index is 0. The van der Waals surface area contributed by atoms with Crippen molar-refractivity contribution in [3.63, 3.8) is 0 Å². The molecule has 0 aliphatic carbocycles. The average Bonchev–Trinajstić information content (AvgIpc) is 2.72. The molecule has 0 amide bonds. The van der Waals surface area contributed by atoms with Crippen molar-refractivity contribution in [3.05, 3.63) is 28.8 Å². The van der Waals surface area contributed by atoms with E-state index in [4.69, 9.17) is 11.6 Å². The van der Waals surface area contributed by atoms with Gasteiger partial charge in [-0.15, -0.1) is 25.6 Å². The van der Waals surface area contributed by atoms with Crippen molar-refractivity contribution in [1.82, 2.24) is 5.32 Å². The van der Waals surface area contributed by atoms with Gasteiger partial charge in [-0.3, -0.25) is 0 Å². The summed E-state index contributed by atoms with van der Waals surface area (Å²) in [6.07, 6.45) is -2.68. The number of hydrogen-bond donors (Lipinski definition) is 1. The molecule has 0 radical (unpaired) electrons. The maximum absolute atomic E-state index is 12.0. The van der Waals surface area contributed by atoms with Crippen LogP contribution in [-0.2, 0) is 0 Å². The molecule has 1 aromatic rings. The molecule has 7 heteroatoms. The Hall–Kier alpha value is -0.650. The second kappa shape index (κ2) is 5.99. The molecule has 1 aliphatic rings. The van der Waals surface area contributed by atoms with Crippen molar-refractivity contribution in [2.45, 2.75) is 25.2 Å². The average molecular weight is 302 g/mol. The Morgan fingerprint density at radius 3 is 2.56 bits per heavy atom. The Balaban J connectivity index is 0.00000162. The maximum atomic E-state index is 12.0. The molecule has 1 atom stereocenters. The summed E-state index contributed by atoms with van der Waals surface area (Å²) < 4.78 is 39.9. The molecule has 1 N–H and O–H groups in total. The zero-order chi connectivity index (χ0) is 12.5. The van der Waals surface area contributed by atoms with Crippen LogP contribution < -0.4 is 10.1 Å². The van der Waals surface area contributed by atoms with E-state index < -0.39 is 6.36 Å². The lowest BCUT2D eigenvalue weighted by atomic mass is 10.1. The molecule has 1 heterocycles. The van der Waals surface area contributed by atoms with Crippen LogP contribution in [0.4, 0.5) is 13.2 Å². The lowest BCUT2D eigenvalue weighted by Crippen LogP contribution is -2.18. The van der Waals surface area contributed by atoms with Crippen LogP contribution in [0.2, 0.25) is 5.02 Å². The number of benzene rings is 1. The molecule has 1 aromatic carbocycles. The van der Waals surface area contributed by atoms with Gasteiger partial charge in [0, 0.05) is 6.04 Å². The SMILES string of the molecule is Cl.FC(F)(F)Oc1ccc([C@H]2CCCN2)cc1Cl. The second-order valence-corrected chi connectivity index (χ2v) is 4.29. The minimum atomic E-state index is -4.71. The van der Waals surface area contributed by atoms with Gasteiger partial charge in [0.1, 0.15) is 5.75 Å². The van der Waals surface area contributed by atoms with Crippen LogP contribution in [0, 0.1) is 0 Å². The Labute approximate surface area is 114 Å². The molecular formula is C11H12Cl2F3NO. The largest absolute Gasteiger partial charge is 0.573 e. The van der Waals surface area contributed by atoms with Crippen LogP contribution >= 0.6 is 24.0 Å². The summed E-state index contributed by atoms with van der Waals surface area (Å²) >= 11 is 5.76. The van der Waals surface area contributed by atoms with E-state index in [1.807, 2.05) is 0 Å². The van der Waals surface area contributed by atoms with Crippen molar-refractivity contribution in [1.29, 1.82) is 0 Å². The molecule has 0 saturated carbocycles. The summed E-state index contributed by atoms with van der Waals surface area (Å²) in [5.74, 6) is -0.360. The lowest BCUT2D eigenvalue weighted by molar-refractivity contribution is -0.274. The van der Waals surface area contributed by atoms with E-state index in [9.17, 15) is 13.2 Å². The number of halogens is 5. The highest BCUT2D eigenvalue weighted by molar-refractivity contribution is 6.32. The third kappa shape index (κ3) is 3.93. The number of alkyl halides is 3. The van der Waals surface area contributed by atoms with Gasteiger partial charge in [0.15, 0.2) is 0 Å². The van der Waals surface area contributed by atoms with E-state index in [0.717, 1.165) is 24.9 Å². The van der Waals surface area contributed by atoms with E-state index in [2.05, 4.69) is 10.1 Å². The van der Waals surface area contributed by atoms with Gasteiger partial charge in [0.25, 0.3) is 0 Å². The van der Waals surface area contributed by atoms with Crippen LogP contribution in [-0.4, -0.2) is 12.9 Å². The standard InChI is InChI=1S/C11H11ClF3NO.ClH/c12-8-6-7(9-2-1-5-16-9)3-4-10(8)17-11(13,14)15;/h3-4,6,9,16H,1-2,5H2;1H/t9-;/m1./s1. The third-order valence-electron chi connectivity index (χ3n) is 2.64. The highest BCUT2D eigenvalue weighted by atomic mass is 35.5. The second-order valence-electron chi connectivity index (χ2n) is 3.89. The number of rotatable bonds is 2. The van der Waals surface area contributed by atoms with Crippen molar-refractivity contribution < 1.29 is 17.9 Å². The zero-order valence-electron chi connectivity index (χ0n) is 9.26. The summed E-state index contributed by atoms with van der Waals surface area (Å²) in [6.45, 7) is 0.920. The van der Waals surface area contributed by atoms with E-state index in [1.165, 1.54) is 12.1 Å². The van der Waals surface area contributed by atoms with Crippen molar-refractivity contribution >= 4 is 24.0 Å². The molecule has 2 nitrogen and oxygen atoms in total. The van der Waals surface area contributed by atoms with Crippen LogP contribution in [0.5, 0.6) is 5.75 Å². The lowest BCUT2D eigenvalue weighted by Gasteiger charge is -2.14. The van der Waals surface area contributed by atoms with Crippen LogP contribution in [0.25, 0.3) is 0 Å². The first-order valence-corrected chi connectivity index (χ1v) is 5.62. The Morgan fingerprint density at radius 1 is 1.33 bits per heavy atom. The van der Waals surface area contributed by atoms with Gasteiger partial charge in [0.2, 0.25) is 0 Å². The molecular weight excluding hydrogens is 290 g/mol. The van der Waals surface area contributed by atoms with E-state index in [-0.39, 0.29) is 29.2 Å². The molecule has 102 valence electrons. The fraction of sp³-hybridized carbons (Fsp3) is 0.455. The maximum Gasteiger partial charge on any atom is 0.573 e. The van der Waals surface area contributed by atoms with Crippen LogP contribution in [0.3, 0.4) is 0 Å². The third-order valence-corrected chi connectivity index (χ3v) is 2.94. The Bertz CT molecular complexity index is 406. The Kier molecular flexibility index (Phi) is 5.13. The molecule has 0 aromatic heterocycles.